The molecule has 1 aromatic rings. The van der Waals surface area contributed by atoms with Gasteiger partial charge in [0.25, 0.3) is 11.6 Å². The van der Waals surface area contributed by atoms with Gasteiger partial charge in [0, 0.05) is 30.3 Å². The average molecular weight is 292 g/mol. The number of nitrogens with zero attached hydrogens (tertiary/aromatic N) is 1. The molecule has 7 heteroatoms. The standard InChI is InChI=1S/C14H20N4O3/c1-2-16-13(19)10-4-5-11(12(8-10)18(20)21)17-9-14(15)6-3-7-14/h4-5,8,17H,2-3,6-7,9,15H2,1H3,(H,16,19). The van der Waals surface area contributed by atoms with Gasteiger partial charge in [-0.15, -0.1) is 0 Å². The third kappa shape index (κ3) is 3.49. The van der Waals surface area contributed by atoms with Gasteiger partial charge in [-0.2, -0.15) is 0 Å². The first-order valence-electron chi connectivity index (χ1n) is 7.04. The van der Waals surface area contributed by atoms with Crippen LogP contribution >= 0.6 is 0 Å². The highest BCUT2D eigenvalue weighted by Gasteiger charge is 2.32. The van der Waals surface area contributed by atoms with Crippen LogP contribution in [-0.4, -0.2) is 29.5 Å². The van der Waals surface area contributed by atoms with E-state index < -0.39 is 4.92 Å². The molecular formula is C14H20N4O3. The number of hydrogen-bond donors (Lipinski definition) is 3. The highest BCUT2D eigenvalue weighted by atomic mass is 16.6. The summed E-state index contributed by atoms with van der Waals surface area (Å²) in [7, 11) is 0. The second-order valence-corrected chi connectivity index (χ2v) is 5.42. The predicted octanol–water partition coefficient (Wildman–Crippen LogP) is 1.64. The number of nitro benzene ring substituents is 1. The van der Waals surface area contributed by atoms with E-state index in [1.807, 2.05) is 0 Å². The van der Waals surface area contributed by atoms with Crippen molar-refractivity contribution >= 4 is 17.3 Å². The van der Waals surface area contributed by atoms with Crippen molar-refractivity contribution in [2.75, 3.05) is 18.4 Å². The normalized spacial score (nSPS) is 15.9. The van der Waals surface area contributed by atoms with Gasteiger partial charge in [0.15, 0.2) is 0 Å². The zero-order chi connectivity index (χ0) is 15.5. The van der Waals surface area contributed by atoms with Crippen molar-refractivity contribution in [2.45, 2.75) is 31.7 Å². The second-order valence-electron chi connectivity index (χ2n) is 5.42. The number of carbonyl (C=O) groups excluding carboxylic acids is 1. The number of hydrogen-bond acceptors (Lipinski definition) is 5. The molecule has 0 spiro atoms. The van der Waals surface area contributed by atoms with E-state index >= 15 is 0 Å². The second kappa shape index (κ2) is 6.09. The number of nitrogens with two attached hydrogens (primary N) is 1. The van der Waals surface area contributed by atoms with Crippen molar-refractivity contribution in [3.05, 3.63) is 33.9 Å². The molecule has 1 fully saturated rings. The first-order chi connectivity index (χ1) is 9.95. The van der Waals surface area contributed by atoms with Gasteiger partial charge in [-0.25, -0.2) is 0 Å². The number of nitro groups is 1. The summed E-state index contributed by atoms with van der Waals surface area (Å²) in [6.07, 6.45) is 2.94. The maximum atomic E-state index is 11.7. The maximum Gasteiger partial charge on any atom is 0.293 e. The Morgan fingerprint density at radius 1 is 1.48 bits per heavy atom. The summed E-state index contributed by atoms with van der Waals surface area (Å²) in [5.41, 5.74) is 6.39. The molecule has 1 saturated carbocycles. The Hall–Kier alpha value is -2.15. The number of rotatable bonds is 6. The van der Waals surface area contributed by atoms with E-state index in [0.717, 1.165) is 19.3 Å². The summed E-state index contributed by atoms with van der Waals surface area (Å²) in [5.74, 6) is -0.318. The van der Waals surface area contributed by atoms with Crippen LogP contribution in [0.1, 0.15) is 36.5 Å². The summed E-state index contributed by atoms with van der Waals surface area (Å²) in [4.78, 5) is 22.4. The van der Waals surface area contributed by atoms with Gasteiger partial charge in [0.2, 0.25) is 0 Å². The molecule has 4 N–H and O–H groups in total. The molecule has 1 aromatic carbocycles. The Balaban J connectivity index is 2.16. The largest absolute Gasteiger partial charge is 0.378 e. The summed E-state index contributed by atoms with van der Waals surface area (Å²) >= 11 is 0. The molecule has 21 heavy (non-hydrogen) atoms. The quantitative estimate of drug-likeness (QED) is 0.545. The molecule has 114 valence electrons. The SMILES string of the molecule is CCNC(=O)c1ccc(NCC2(N)CCC2)c([N+](=O)[O-])c1. The topological polar surface area (TPSA) is 110 Å². The minimum atomic E-state index is -0.491. The molecule has 1 amide bonds. The summed E-state index contributed by atoms with van der Waals surface area (Å²) in [5, 5.41) is 16.8. The van der Waals surface area contributed by atoms with E-state index in [1.165, 1.54) is 6.07 Å². The number of anilines is 1. The molecule has 0 atom stereocenters. The third-order valence-electron chi connectivity index (χ3n) is 3.77. The molecule has 0 unspecified atom stereocenters. The van der Waals surface area contributed by atoms with E-state index in [-0.39, 0.29) is 22.7 Å². The van der Waals surface area contributed by atoms with Crippen molar-refractivity contribution in [3.63, 3.8) is 0 Å². The average Bonchev–Trinajstić information content (AvgIpc) is 2.43. The monoisotopic (exact) mass is 292 g/mol. The Morgan fingerprint density at radius 2 is 2.19 bits per heavy atom. The Kier molecular flexibility index (Phi) is 4.42. The zero-order valence-electron chi connectivity index (χ0n) is 12.0. The molecule has 1 aliphatic carbocycles. The lowest BCUT2D eigenvalue weighted by Gasteiger charge is -2.38. The van der Waals surface area contributed by atoms with Crippen molar-refractivity contribution in [2.24, 2.45) is 5.73 Å². The van der Waals surface area contributed by atoms with Crippen molar-refractivity contribution < 1.29 is 9.72 Å². The van der Waals surface area contributed by atoms with Crippen LogP contribution in [0.2, 0.25) is 0 Å². The van der Waals surface area contributed by atoms with Gasteiger partial charge in [0.05, 0.1) is 4.92 Å². The Morgan fingerprint density at radius 3 is 2.71 bits per heavy atom. The first kappa shape index (κ1) is 15.2. The van der Waals surface area contributed by atoms with Crippen molar-refractivity contribution in [1.82, 2.24) is 5.32 Å². The minimum absolute atomic E-state index is 0.110. The van der Waals surface area contributed by atoms with E-state index in [1.54, 1.807) is 19.1 Å². The molecule has 2 rings (SSSR count). The molecule has 7 nitrogen and oxygen atoms in total. The molecule has 1 aliphatic rings. The Labute approximate surface area is 123 Å². The third-order valence-corrected chi connectivity index (χ3v) is 3.77. The highest BCUT2D eigenvalue weighted by molar-refractivity contribution is 5.95. The predicted molar refractivity (Wildman–Crippen MR) is 80.4 cm³/mol. The van der Waals surface area contributed by atoms with E-state index in [0.29, 0.717) is 18.8 Å². The van der Waals surface area contributed by atoms with Crippen LogP contribution < -0.4 is 16.4 Å². The van der Waals surface area contributed by atoms with Gasteiger partial charge < -0.3 is 16.4 Å². The van der Waals surface area contributed by atoms with Crippen LogP contribution in [0.25, 0.3) is 0 Å². The molecule has 0 saturated heterocycles. The maximum absolute atomic E-state index is 11.7. The number of benzene rings is 1. The van der Waals surface area contributed by atoms with Crippen LogP contribution in [0.4, 0.5) is 11.4 Å². The molecule has 0 bridgehead atoms. The fourth-order valence-electron chi connectivity index (χ4n) is 2.31. The van der Waals surface area contributed by atoms with Gasteiger partial charge in [-0.3, -0.25) is 14.9 Å². The Bertz CT molecular complexity index is 555. The highest BCUT2D eigenvalue weighted by Crippen LogP contribution is 2.31. The summed E-state index contributed by atoms with van der Waals surface area (Å²) < 4.78 is 0. The molecule has 0 aliphatic heterocycles. The lowest BCUT2D eigenvalue weighted by molar-refractivity contribution is -0.384. The van der Waals surface area contributed by atoms with Crippen molar-refractivity contribution in [3.8, 4) is 0 Å². The molecule has 0 radical (unpaired) electrons. The molecule has 0 aromatic heterocycles. The van der Waals surface area contributed by atoms with E-state index in [4.69, 9.17) is 5.73 Å². The fraction of sp³-hybridized carbons (Fsp3) is 0.500. The van der Waals surface area contributed by atoms with E-state index in [2.05, 4.69) is 10.6 Å². The lowest BCUT2D eigenvalue weighted by atomic mass is 9.78. The van der Waals surface area contributed by atoms with Crippen LogP contribution in [-0.2, 0) is 0 Å². The first-order valence-corrected chi connectivity index (χ1v) is 7.04. The van der Waals surface area contributed by atoms with Crippen LogP contribution in [0.15, 0.2) is 18.2 Å². The lowest BCUT2D eigenvalue weighted by Crippen LogP contribution is -2.52. The smallest absolute Gasteiger partial charge is 0.293 e. The van der Waals surface area contributed by atoms with Crippen LogP contribution in [0.5, 0.6) is 0 Å². The minimum Gasteiger partial charge on any atom is -0.378 e. The van der Waals surface area contributed by atoms with Gasteiger partial charge in [-0.05, 0) is 38.3 Å². The van der Waals surface area contributed by atoms with Gasteiger partial charge >= 0.3 is 0 Å². The van der Waals surface area contributed by atoms with Crippen molar-refractivity contribution in [1.29, 1.82) is 0 Å². The molecular weight excluding hydrogens is 272 g/mol. The number of nitrogens with one attached hydrogen (secondary N) is 2. The zero-order valence-corrected chi connectivity index (χ0v) is 12.0. The molecule has 0 heterocycles. The van der Waals surface area contributed by atoms with Crippen LogP contribution in [0.3, 0.4) is 0 Å². The number of carbonyl (C=O) groups is 1. The summed E-state index contributed by atoms with van der Waals surface area (Å²) in [6, 6.07) is 4.42. The van der Waals surface area contributed by atoms with Gasteiger partial charge in [-0.1, -0.05) is 0 Å². The number of amides is 1. The summed E-state index contributed by atoms with van der Waals surface area (Å²) in [6.45, 7) is 2.76. The van der Waals surface area contributed by atoms with E-state index in [9.17, 15) is 14.9 Å². The fourth-order valence-corrected chi connectivity index (χ4v) is 2.31. The van der Waals surface area contributed by atoms with Crippen LogP contribution in [0, 0.1) is 10.1 Å². The van der Waals surface area contributed by atoms with Gasteiger partial charge in [0.1, 0.15) is 5.69 Å².